The normalized spacial score (nSPS) is 11.5. The van der Waals surface area contributed by atoms with Crippen LogP contribution in [-0.4, -0.2) is 18.4 Å². The molecule has 0 aliphatic carbocycles. The molecule has 0 radical (unpaired) electrons. The number of carbonyl (C=O) groups is 2. The van der Waals surface area contributed by atoms with Gasteiger partial charge in [0.1, 0.15) is 0 Å². The van der Waals surface area contributed by atoms with Crippen molar-refractivity contribution >= 4 is 11.8 Å². The molecular weight excluding hydrogens is 444 g/mol. The summed E-state index contributed by atoms with van der Waals surface area (Å²) < 4.78 is 0. The van der Waals surface area contributed by atoms with Gasteiger partial charge in [-0.1, -0.05) is 120 Å². The van der Waals surface area contributed by atoms with Gasteiger partial charge in [0.2, 0.25) is 11.8 Å². The average molecular weight is 501 g/mol. The molecule has 0 saturated heterocycles. The van der Waals surface area contributed by atoms with Gasteiger partial charge in [0.05, 0.1) is 0 Å². The van der Waals surface area contributed by atoms with Gasteiger partial charge >= 0.3 is 0 Å². The van der Waals surface area contributed by atoms with Crippen molar-refractivity contribution in [1.29, 1.82) is 0 Å². The number of amides is 2. The number of nitrogens with two attached hydrogens (primary N) is 1. The van der Waals surface area contributed by atoms with Crippen LogP contribution in [0.2, 0.25) is 0 Å². The van der Waals surface area contributed by atoms with Gasteiger partial charge in [0.25, 0.3) is 0 Å². The fourth-order valence-corrected chi connectivity index (χ4v) is 2.72. The van der Waals surface area contributed by atoms with Crippen LogP contribution >= 0.6 is 0 Å². The highest BCUT2D eigenvalue weighted by Gasteiger charge is 1.97. The third-order valence-electron chi connectivity index (χ3n) is 4.49. The predicted octanol–water partition coefficient (Wildman–Crippen LogP) is 8.68. The van der Waals surface area contributed by atoms with Crippen molar-refractivity contribution in [3.63, 3.8) is 0 Å². The number of primary amides is 1. The Balaban J connectivity index is -0.00000164. The van der Waals surface area contributed by atoms with Crippen LogP contribution in [0.15, 0.2) is 72.9 Å². The molecule has 0 atom stereocenters. The Morgan fingerprint density at radius 2 is 1.03 bits per heavy atom. The quantitative estimate of drug-likeness (QED) is 0.137. The zero-order valence-electron chi connectivity index (χ0n) is 24.0. The fraction of sp³-hybridized carbons (Fsp3) is 0.562. The second-order valence-electron chi connectivity index (χ2n) is 7.98. The molecule has 2 amide bonds. The molecule has 0 aromatic heterocycles. The third kappa shape index (κ3) is 45.0. The number of hydrogen-bond acceptors (Lipinski definition) is 2. The SMILES string of the molecule is CC.CC(N)=O.CC/C=C\C/C=C\C/C=C\C/C=C\C/C=C\C/C=C\CCC(=O)NCCCCCC. The van der Waals surface area contributed by atoms with Gasteiger partial charge in [-0.05, 0) is 51.4 Å². The molecule has 36 heavy (non-hydrogen) atoms. The lowest BCUT2D eigenvalue weighted by Gasteiger charge is -2.03. The van der Waals surface area contributed by atoms with Crippen molar-refractivity contribution in [2.45, 2.75) is 112 Å². The molecule has 3 N–H and O–H groups in total. The first-order valence-electron chi connectivity index (χ1n) is 14.0. The molecule has 0 heterocycles. The van der Waals surface area contributed by atoms with E-state index in [0.29, 0.717) is 6.42 Å². The topological polar surface area (TPSA) is 72.2 Å². The molecule has 0 aliphatic heterocycles. The van der Waals surface area contributed by atoms with E-state index < -0.39 is 0 Å². The van der Waals surface area contributed by atoms with Crippen LogP contribution in [0, 0.1) is 0 Å². The van der Waals surface area contributed by atoms with Crippen LogP contribution in [0.25, 0.3) is 0 Å². The molecule has 0 fully saturated rings. The molecule has 206 valence electrons. The molecule has 0 unspecified atom stereocenters. The van der Waals surface area contributed by atoms with Crippen molar-refractivity contribution in [3.8, 4) is 0 Å². The summed E-state index contributed by atoms with van der Waals surface area (Å²) in [6, 6.07) is 0. The van der Waals surface area contributed by atoms with Gasteiger partial charge in [-0.25, -0.2) is 0 Å². The Hall–Kier alpha value is -2.62. The maximum Gasteiger partial charge on any atom is 0.220 e. The standard InChI is InChI=1S/C28H45NO.C2H5NO.C2H6/c1-3-5-7-9-10-11-12-13-14-15-16-17-18-19-20-21-22-23-24-26-28(30)29-27-25-8-6-4-2;1-2(3)4;1-2/h5,7,10-11,13-14,16-17,19-20,22-23H,3-4,6,8-9,12,15,18,21,24-27H2,1-2H3,(H,29,30);1H3,(H2,3,4);1-2H3/b7-5-,11-10-,14-13-,17-16-,20-19-,23-22-;;. The molecule has 0 aliphatic rings. The number of nitrogens with one attached hydrogen (secondary N) is 1. The van der Waals surface area contributed by atoms with E-state index in [-0.39, 0.29) is 11.8 Å². The smallest absolute Gasteiger partial charge is 0.220 e. The van der Waals surface area contributed by atoms with Gasteiger partial charge in [0, 0.05) is 19.9 Å². The molecule has 0 aromatic carbocycles. The highest BCUT2D eigenvalue weighted by molar-refractivity contribution is 5.75. The lowest BCUT2D eigenvalue weighted by atomic mass is 10.2. The van der Waals surface area contributed by atoms with Crippen molar-refractivity contribution in [2.24, 2.45) is 5.73 Å². The molecule has 0 aromatic rings. The molecule has 0 rings (SSSR count). The third-order valence-corrected chi connectivity index (χ3v) is 4.49. The Kier molecular flexibility index (Phi) is 38.9. The zero-order chi connectivity index (χ0) is 27.5. The van der Waals surface area contributed by atoms with E-state index in [2.05, 4.69) is 97.8 Å². The largest absolute Gasteiger partial charge is 0.370 e. The Morgan fingerprint density at radius 1 is 0.639 bits per heavy atom. The summed E-state index contributed by atoms with van der Waals surface area (Å²) in [7, 11) is 0. The number of unbranched alkanes of at least 4 members (excludes halogenated alkanes) is 3. The summed E-state index contributed by atoms with van der Waals surface area (Å²) in [6.45, 7) is 10.5. The van der Waals surface area contributed by atoms with Crippen molar-refractivity contribution in [2.75, 3.05) is 6.54 Å². The van der Waals surface area contributed by atoms with Crippen LogP contribution < -0.4 is 11.1 Å². The minimum atomic E-state index is -0.333. The van der Waals surface area contributed by atoms with Gasteiger partial charge in [-0.3, -0.25) is 9.59 Å². The van der Waals surface area contributed by atoms with E-state index in [9.17, 15) is 9.59 Å². The maximum absolute atomic E-state index is 11.7. The molecule has 0 bridgehead atoms. The van der Waals surface area contributed by atoms with Gasteiger partial charge in [-0.2, -0.15) is 0 Å². The van der Waals surface area contributed by atoms with E-state index >= 15 is 0 Å². The van der Waals surface area contributed by atoms with Crippen LogP contribution in [0.3, 0.4) is 0 Å². The van der Waals surface area contributed by atoms with Crippen LogP contribution in [0.5, 0.6) is 0 Å². The number of hydrogen-bond donors (Lipinski definition) is 2. The monoisotopic (exact) mass is 500 g/mol. The van der Waals surface area contributed by atoms with Gasteiger partial charge in [-0.15, -0.1) is 0 Å². The number of carbonyl (C=O) groups excluding carboxylic acids is 2. The second-order valence-corrected chi connectivity index (χ2v) is 7.98. The summed E-state index contributed by atoms with van der Waals surface area (Å²) in [5.74, 6) is -0.161. The average Bonchev–Trinajstić information content (AvgIpc) is 2.86. The van der Waals surface area contributed by atoms with Crippen molar-refractivity contribution in [1.82, 2.24) is 5.32 Å². The van der Waals surface area contributed by atoms with Crippen LogP contribution in [0.4, 0.5) is 0 Å². The summed E-state index contributed by atoms with van der Waals surface area (Å²) in [5.41, 5.74) is 4.47. The molecule has 0 spiro atoms. The van der Waals surface area contributed by atoms with Gasteiger partial charge < -0.3 is 11.1 Å². The molecule has 4 nitrogen and oxygen atoms in total. The number of allylic oxidation sites excluding steroid dienone is 12. The van der Waals surface area contributed by atoms with Crippen LogP contribution in [0.1, 0.15) is 112 Å². The Labute approximate surface area is 223 Å². The van der Waals surface area contributed by atoms with E-state index in [1.165, 1.54) is 26.2 Å². The lowest BCUT2D eigenvalue weighted by Crippen LogP contribution is -2.23. The number of rotatable bonds is 19. The minimum Gasteiger partial charge on any atom is -0.370 e. The summed E-state index contributed by atoms with van der Waals surface area (Å²) in [5, 5.41) is 3.00. The summed E-state index contributed by atoms with van der Waals surface area (Å²) >= 11 is 0. The zero-order valence-corrected chi connectivity index (χ0v) is 24.0. The Morgan fingerprint density at radius 3 is 1.42 bits per heavy atom. The molecule has 4 heteroatoms. The first kappa shape index (κ1) is 37.9. The molecule has 0 saturated carbocycles. The van der Waals surface area contributed by atoms with Gasteiger partial charge in [0.15, 0.2) is 0 Å². The maximum atomic E-state index is 11.7. The van der Waals surface area contributed by atoms with Crippen LogP contribution in [-0.2, 0) is 9.59 Å². The highest BCUT2D eigenvalue weighted by atomic mass is 16.1. The van der Waals surface area contributed by atoms with Crippen molar-refractivity contribution < 1.29 is 9.59 Å². The molecular formula is C32H56N2O2. The van der Waals surface area contributed by atoms with E-state index in [1.807, 2.05) is 13.8 Å². The van der Waals surface area contributed by atoms with E-state index in [1.54, 1.807) is 0 Å². The Bertz CT molecular complexity index is 637. The highest BCUT2D eigenvalue weighted by Crippen LogP contribution is 1.99. The minimum absolute atomic E-state index is 0.172. The summed E-state index contributed by atoms with van der Waals surface area (Å²) in [6.07, 6.45) is 38.6. The fourth-order valence-electron chi connectivity index (χ4n) is 2.72. The first-order valence-corrected chi connectivity index (χ1v) is 14.0. The van der Waals surface area contributed by atoms with E-state index in [0.717, 1.165) is 57.9 Å². The predicted molar refractivity (Wildman–Crippen MR) is 161 cm³/mol. The van der Waals surface area contributed by atoms with E-state index in [4.69, 9.17) is 0 Å². The van der Waals surface area contributed by atoms with Crippen molar-refractivity contribution in [3.05, 3.63) is 72.9 Å². The summed E-state index contributed by atoms with van der Waals surface area (Å²) in [4.78, 5) is 20.9. The second kappa shape index (κ2) is 36.9. The first-order chi connectivity index (χ1) is 17.5. The lowest BCUT2D eigenvalue weighted by molar-refractivity contribution is -0.121.